The molecule has 2 aromatic rings. The number of halogens is 1. The van der Waals surface area contributed by atoms with Gasteiger partial charge < -0.3 is 11.1 Å². The molecular formula is C12H13BrN4S. The third-order valence-corrected chi connectivity index (χ3v) is 4.08. The summed E-state index contributed by atoms with van der Waals surface area (Å²) in [6.45, 7) is 2.81. The fourth-order valence-corrected chi connectivity index (χ4v) is 2.78. The minimum absolute atomic E-state index is 0.281. The van der Waals surface area contributed by atoms with Gasteiger partial charge >= 0.3 is 0 Å². The summed E-state index contributed by atoms with van der Waals surface area (Å²) in [6, 6.07) is 9.89. The van der Waals surface area contributed by atoms with Crippen molar-refractivity contribution >= 4 is 39.5 Å². The Balaban J connectivity index is 2.26. The quantitative estimate of drug-likeness (QED) is 0.844. The average Bonchev–Trinajstić information content (AvgIpc) is 2.32. The Morgan fingerprint density at radius 1 is 1.33 bits per heavy atom. The van der Waals surface area contributed by atoms with Gasteiger partial charge in [-0.2, -0.15) is 4.98 Å². The minimum Gasteiger partial charge on any atom is -0.370 e. The molecule has 0 spiro atoms. The highest BCUT2D eigenvalue weighted by molar-refractivity contribution is 9.10. The second-order valence-electron chi connectivity index (χ2n) is 3.51. The summed E-state index contributed by atoms with van der Waals surface area (Å²) in [5, 5.41) is 3.96. The molecule has 1 aromatic carbocycles. The zero-order valence-electron chi connectivity index (χ0n) is 9.85. The van der Waals surface area contributed by atoms with E-state index in [-0.39, 0.29) is 5.95 Å². The van der Waals surface area contributed by atoms with Gasteiger partial charge in [0.1, 0.15) is 10.8 Å². The van der Waals surface area contributed by atoms with E-state index in [4.69, 9.17) is 5.73 Å². The highest BCUT2D eigenvalue weighted by Gasteiger charge is 2.06. The topological polar surface area (TPSA) is 63.8 Å². The molecule has 0 amide bonds. The van der Waals surface area contributed by atoms with Crippen molar-refractivity contribution in [1.82, 2.24) is 9.97 Å². The molecule has 0 aliphatic carbocycles. The zero-order chi connectivity index (χ0) is 13.0. The number of nitrogens with zero attached hydrogens (tertiary/aromatic N) is 2. The van der Waals surface area contributed by atoms with Crippen LogP contribution in [0.5, 0.6) is 0 Å². The van der Waals surface area contributed by atoms with Crippen LogP contribution in [0.4, 0.5) is 11.8 Å². The van der Waals surface area contributed by atoms with E-state index >= 15 is 0 Å². The number of rotatable bonds is 4. The van der Waals surface area contributed by atoms with Crippen molar-refractivity contribution < 1.29 is 0 Å². The Morgan fingerprint density at radius 2 is 2.11 bits per heavy atom. The van der Waals surface area contributed by atoms with E-state index in [1.54, 1.807) is 11.8 Å². The van der Waals surface area contributed by atoms with E-state index in [0.717, 1.165) is 26.8 Å². The lowest BCUT2D eigenvalue weighted by Crippen LogP contribution is -2.03. The molecule has 0 saturated heterocycles. The van der Waals surface area contributed by atoms with Gasteiger partial charge in [0, 0.05) is 22.0 Å². The lowest BCUT2D eigenvalue weighted by atomic mass is 10.4. The van der Waals surface area contributed by atoms with Gasteiger partial charge in [-0.1, -0.05) is 23.9 Å². The first kappa shape index (κ1) is 13.2. The third kappa shape index (κ3) is 3.36. The molecule has 0 radical (unpaired) electrons. The predicted molar refractivity (Wildman–Crippen MR) is 78.9 cm³/mol. The number of nitrogens with one attached hydrogen (secondary N) is 1. The molecule has 0 atom stereocenters. The standard InChI is InChI=1S/C12H13BrN4S/c1-2-15-10-7-11(17-12(14)16-10)18-9-6-4-3-5-8(9)13/h3-7H,2H2,1H3,(H3,14,15,16,17). The largest absolute Gasteiger partial charge is 0.370 e. The molecule has 0 unspecified atom stereocenters. The maximum absolute atomic E-state index is 5.69. The Hall–Kier alpha value is -1.27. The molecule has 0 aliphatic heterocycles. The van der Waals surface area contributed by atoms with Crippen molar-refractivity contribution in [3.63, 3.8) is 0 Å². The molecule has 3 N–H and O–H groups in total. The molecule has 0 saturated carbocycles. The molecule has 0 bridgehead atoms. The van der Waals surface area contributed by atoms with Crippen LogP contribution in [0.2, 0.25) is 0 Å². The van der Waals surface area contributed by atoms with E-state index in [1.165, 1.54) is 0 Å². The van der Waals surface area contributed by atoms with Crippen molar-refractivity contribution in [2.24, 2.45) is 0 Å². The van der Waals surface area contributed by atoms with Crippen LogP contribution in [0, 0.1) is 0 Å². The van der Waals surface area contributed by atoms with Crippen molar-refractivity contribution in [2.45, 2.75) is 16.8 Å². The number of hydrogen-bond donors (Lipinski definition) is 2. The van der Waals surface area contributed by atoms with Gasteiger partial charge in [0.05, 0.1) is 0 Å². The van der Waals surface area contributed by atoms with E-state index in [1.807, 2.05) is 37.3 Å². The van der Waals surface area contributed by atoms with Crippen molar-refractivity contribution in [1.29, 1.82) is 0 Å². The molecule has 6 heteroatoms. The fourth-order valence-electron chi connectivity index (χ4n) is 1.41. The molecule has 4 nitrogen and oxygen atoms in total. The maximum atomic E-state index is 5.69. The first-order valence-electron chi connectivity index (χ1n) is 5.50. The summed E-state index contributed by atoms with van der Waals surface area (Å²) in [4.78, 5) is 9.43. The van der Waals surface area contributed by atoms with Crippen LogP contribution in [0.1, 0.15) is 6.92 Å². The number of anilines is 2. The first-order valence-corrected chi connectivity index (χ1v) is 7.11. The number of hydrogen-bond acceptors (Lipinski definition) is 5. The van der Waals surface area contributed by atoms with Crippen molar-refractivity contribution in [2.75, 3.05) is 17.6 Å². The van der Waals surface area contributed by atoms with Crippen LogP contribution in [0.3, 0.4) is 0 Å². The SMILES string of the molecule is CCNc1cc(Sc2ccccc2Br)nc(N)n1. The molecule has 1 aromatic heterocycles. The summed E-state index contributed by atoms with van der Waals surface area (Å²) in [7, 11) is 0. The Morgan fingerprint density at radius 3 is 2.83 bits per heavy atom. The van der Waals surface area contributed by atoms with Crippen molar-refractivity contribution in [3.8, 4) is 0 Å². The summed E-state index contributed by atoms with van der Waals surface area (Å²) in [6.07, 6.45) is 0. The van der Waals surface area contributed by atoms with Crippen molar-refractivity contribution in [3.05, 3.63) is 34.8 Å². The van der Waals surface area contributed by atoms with Crippen LogP contribution in [0.25, 0.3) is 0 Å². The van der Waals surface area contributed by atoms with E-state index in [2.05, 4.69) is 31.2 Å². The van der Waals surface area contributed by atoms with E-state index in [0.29, 0.717) is 0 Å². The monoisotopic (exact) mass is 324 g/mol. The number of nitrogen functional groups attached to an aromatic ring is 1. The molecule has 2 rings (SSSR count). The Labute approximate surface area is 119 Å². The molecule has 0 aliphatic rings. The van der Waals surface area contributed by atoms with Gasteiger partial charge in [-0.25, -0.2) is 4.98 Å². The number of benzene rings is 1. The average molecular weight is 325 g/mol. The van der Waals surface area contributed by atoms with Gasteiger partial charge in [0.2, 0.25) is 5.95 Å². The van der Waals surface area contributed by atoms with Crippen LogP contribution in [-0.2, 0) is 0 Å². The zero-order valence-corrected chi connectivity index (χ0v) is 12.3. The Bertz CT molecular complexity index is 547. The molecule has 18 heavy (non-hydrogen) atoms. The van der Waals surface area contributed by atoms with Gasteiger partial charge in [-0.05, 0) is 35.0 Å². The molecule has 94 valence electrons. The minimum atomic E-state index is 0.281. The van der Waals surface area contributed by atoms with Crippen LogP contribution in [0.15, 0.2) is 44.7 Å². The predicted octanol–water partition coefficient (Wildman–Crippen LogP) is 3.40. The molecule has 0 fully saturated rings. The lowest BCUT2D eigenvalue weighted by molar-refractivity contribution is 1.04. The highest BCUT2D eigenvalue weighted by atomic mass is 79.9. The highest BCUT2D eigenvalue weighted by Crippen LogP contribution is 2.33. The van der Waals surface area contributed by atoms with E-state index in [9.17, 15) is 0 Å². The van der Waals surface area contributed by atoms with Gasteiger partial charge in [-0.15, -0.1) is 0 Å². The fraction of sp³-hybridized carbons (Fsp3) is 0.167. The van der Waals surface area contributed by atoms with Crippen LogP contribution in [-0.4, -0.2) is 16.5 Å². The van der Waals surface area contributed by atoms with Gasteiger partial charge in [0.25, 0.3) is 0 Å². The molecule has 1 heterocycles. The smallest absolute Gasteiger partial charge is 0.223 e. The van der Waals surface area contributed by atoms with Crippen LogP contribution < -0.4 is 11.1 Å². The molecular weight excluding hydrogens is 312 g/mol. The van der Waals surface area contributed by atoms with Crippen LogP contribution >= 0.6 is 27.7 Å². The normalized spacial score (nSPS) is 10.3. The summed E-state index contributed by atoms with van der Waals surface area (Å²) < 4.78 is 1.04. The second-order valence-corrected chi connectivity index (χ2v) is 5.43. The van der Waals surface area contributed by atoms with Gasteiger partial charge in [0.15, 0.2) is 0 Å². The lowest BCUT2D eigenvalue weighted by Gasteiger charge is -2.07. The summed E-state index contributed by atoms with van der Waals surface area (Å²) in [5.41, 5.74) is 5.69. The Kier molecular flexibility index (Phi) is 4.43. The first-order chi connectivity index (χ1) is 8.69. The van der Waals surface area contributed by atoms with E-state index < -0.39 is 0 Å². The summed E-state index contributed by atoms with van der Waals surface area (Å²) >= 11 is 5.06. The summed E-state index contributed by atoms with van der Waals surface area (Å²) in [5.74, 6) is 1.03. The number of nitrogens with two attached hydrogens (primary N) is 1. The number of aromatic nitrogens is 2. The van der Waals surface area contributed by atoms with Gasteiger partial charge in [-0.3, -0.25) is 0 Å². The maximum Gasteiger partial charge on any atom is 0.223 e. The second kappa shape index (κ2) is 6.06. The third-order valence-electron chi connectivity index (χ3n) is 2.13.